The van der Waals surface area contributed by atoms with Gasteiger partial charge in [-0.1, -0.05) is 22.4 Å². The summed E-state index contributed by atoms with van der Waals surface area (Å²) in [5.41, 5.74) is 0. The highest BCUT2D eigenvalue weighted by Gasteiger charge is 2.28. The van der Waals surface area contributed by atoms with E-state index in [0.717, 1.165) is 44.2 Å². The van der Waals surface area contributed by atoms with Crippen LogP contribution >= 0.6 is 15.9 Å². The molecule has 0 aromatic rings. The summed E-state index contributed by atoms with van der Waals surface area (Å²) in [6, 6.07) is 0.827. The number of rotatable bonds is 5. The third-order valence-corrected chi connectivity index (χ3v) is 4.10. The van der Waals surface area contributed by atoms with Crippen LogP contribution in [0.15, 0.2) is 0 Å². The van der Waals surface area contributed by atoms with Crippen LogP contribution in [0.25, 0.3) is 0 Å². The summed E-state index contributed by atoms with van der Waals surface area (Å²) < 4.78 is 5.85. The molecule has 3 nitrogen and oxygen atoms in total. The third-order valence-electron chi connectivity index (χ3n) is 3.74. The third kappa shape index (κ3) is 3.42. The monoisotopic (exact) mass is 290 g/mol. The Morgan fingerprint density at radius 2 is 2.25 bits per heavy atom. The van der Waals surface area contributed by atoms with Crippen molar-refractivity contribution in [1.82, 2.24) is 9.80 Å². The van der Waals surface area contributed by atoms with E-state index in [9.17, 15) is 0 Å². The van der Waals surface area contributed by atoms with Gasteiger partial charge in [-0.05, 0) is 19.9 Å². The molecule has 0 radical (unpaired) electrons. The van der Waals surface area contributed by atoms with Crippen LogP contribution in [-0.2, 0) is 4.74 Å². The average Bonchev–Trinajstić information content (AvgIpc) is 2.15. The molecule has 0 bridgehead atoms. The maximum absolute atomic E-state index is 5.85. The molecule has 1 aliphatic heterocycles. The van der Waals surface area contributed by atoms with Crippen LogP contribution in [0.5, 0.6) is 0 Å². The topological polar surface area (TPSA) is 15.7 Å². The minimum Gasteiger partial charge on any atom is -0.374 e. The van der Waals surface area contributed by atoms with Crippen molar-refractivity contribution in [2.24, 2.45) is 0 Å². The lowest BCUT2D eigenvalue weighted by Crippen LogP contribution is -2.50. The van der Waals surface area contributed by atoms with Gasteiger partial charge in [-0.25, -0.2) is 0 Å². The molecular weight excluding hydrogens is 268 g/mol. The van der Waals surface area contributed by atoms with Gasteiger partial charge < -0.3 is 9.64 Å². The van der Waals surface area contributed by atoms with Crippen LogP contribution in [0.1, 0.15) is 19.3 Å². The van der Waals surface area contributed by atoms with Crippen molar-refractivity contribution in [3.8, 4) is 0 Å². The maximum atomic E-state index is 5.85. The zero-order chi connectivity index (χ0) is 11.4. The molecule has 1 heterocycles. The summed E-state index contributed by atoms with van der Waals surface area (Å²) in [4.78, 5) is 4.99. The molecule has 1 saturated heterocycles. The molecule has 94 valence electrons. The van der Waals surface area contributed by atoms with Crippen molar-refractivity contribution >= 4 is 15.9 Å². The zero-order valence-corrected chi connectivity index (χ0v) is 11.8. The van der Waals surface area contributed by atoms with Crippen molar-refractivity contribution in [2.45, 2.75) is 31.4 Å². The average molecular weight is 291 g/mol. The van der Waals surface area contributed by atoms with Crippen molar-refractivity contribution < 1.29 is 4.74 Å². The molecular formula is C12H23BrN2O. The van der Waals surface area contributed by atoms with Crippen LogP contribution in [0.3, 0.4) is 0 Å². The minimum absolute atomic E-state index is 0.415. The number of likely N-dealkylation sites (N-methyl/N-ethyl adjacent to an activating group) is 1. The Morgan fingerprint density at radius 3 is 2.81 bits per heavy atom. The van der Waals surface area contributed by atoms with Crippen molar-refractivity contribution in [3.05, 3.63) is 0 Å². The summed E-state index contributed by atoms with van der Waals surface area (Å²) in [5, 5.41) is 1.08. The highest BCUT2D eigenvalue weighted by Crippen LogP contribution is 2.25. The SMILES string of the molecule is CN1CCOC(CN(CCBr)C2CCC2)C1. The Balaban J connectivity index is 1.79. The standard InChI is InChI=1S/C12H23BrN2O/c1-14-7-8-16-12(9-14)10-15(6-5-13)11-3-2-4-11/h11-12H,2-10H2,1H3. The largest absolute Gasteiger partial charge is 0.374 e. The molecule has 16 heavy (non-hydrogen) atoms. The maximum Gasteiger partial charge on any atom is 0.0829 e. The minimum atomic E-state index is 0.415. The second-order valence-corrected chi connectivity index (χ2v) is 5.82. The summed E-state index contributed by atoms with van der Waals surface area (Å²) in [5.74, 6) is 0. The van der Waals surface area contributed by atoms with Gasteiger partial charge in [-0.3, -0.25) is 4.90 Å². The van der Waals surface area contributed by atoms with E-state index in [4.69, 9.17) is 4.74 Å². The van der Waals surface area contributed by atoms with E-state index < -0.39 is 0 Å². The lowest BCUT2D eigenvalue weighted by molar-refractivity contribution is -0.0455. The quantitative estimate of drug-likeness (QED) is 0.715. The van der Waals surface area contributed by atoms with E-state index in [2.05, 4.69) is 32.8 Å². The van der Waals surface area contributed by atoms with Gasteiger partial charge >= 0.3 is 0 Å². The van der Waals surface area contributed by atoms with Crippen molar-refractivity contribution in [3.63, 3.8) is 0 Å². The summed E-state index contributed by atoms with van der Waals surface area (Å²) >= 11 is 3.56. The van der Waals surface area contributed by atoms with Gasteiger partial charge in [0.15, 0.2) is 0 Å². The second kappa shape index (κ2) is 6.34. The molecule has 0 spiro atoms. The summed E-state index contributed by atoms with van der Waals surface area (Å²) in [7, 11) is 2.19. The molecule has 2 aliphatic rings. The first-order chi connectivity index (χ1) is 7.79. The molecule has 1 aliphatic carbocycles. The van der Waals surface area contributed by atoms with Gasteiger partial charge in [0.1, 0.15) is 0 Å². The normalized spacial score (nSPS) is 28.3. The first-order valence-corrected chi connectivity index (χ1v) is 7.52. The number of alkyl halides is 1. The lowest BCUT2D eigenvalue weighted by Gasteiger charge is -2.41. The van der Waals surface area contributed by atoms with Crippen LogP contribution in [0, 0.1) is 0 Å². The highest BCUT2D eigenvalue weighted by molar-refractivity contribution is 9.09. The van der Waals surface area contributed by atoms with Gasteiger partial charge in [-0.15, -0.1) is 0 Å². The van der Waals surface area contributed by atoms with Gasteiger partial charge in [0.05, 0.1) is 12.7 Å². The van der Waals surface area contributed by atoms with Crippen molar-refractivity contribution in [1.29, 1.82) is 0 Å². The van der Waals surface area contributed by atoms with E-state index in [1.54, 1.807) is 0 Å². The molecule has 0 N–H and O–H groups in total. The Hall–Kier alpha value is 0.360. The number of nitrogens with zero attached hydrogens (tertiary/aromatic N) is 2. The van der Waals surface area contributed by atoms with Gasteiger partial charge in [0.25, 0.3) is 0 Å². The number of hydrogen-bond donors (Lipinski definition) is 0. The van der Waals surface area contributed by atoms with Gasteiger partial charge in [0.2, 0.25) is 0 Å². The predicted octanol–water partition coefficient (Wildman–Crippen LogP) is 1.57. The van der Waals surface area contributed by atoms with E-state index in [-0.39, 0.29) is 0 Å². The zero-order valence-electron chi connectivity index (χ0n) is 10.2. The molecule has 1 saturated carbocycles. The van der Waals surface area contributed by atoms with E-state index in [1.807, 2.05) is 0 Å². The fourth-order valence-corrected chi connectivity index (χ4v) is 2.98. The molecule has 1 unspecified atom stereocenters. The number of morpholine rings is 1. The van der Waals surface area contributed by atoms with Gasteiger partial charge in [-0.2, -0.15) is 0 Å². The molecule has 0 amide bonds. The van der Waals surface area contributed by atoms with Gasteiger partial charge in [0, 0.05) is 37.6 Å². The fourth-order valence-electron chi connectivity index (χ4n) is 2.52. The Morgan fingerprint density at radius 1 is 1.44 bits per heavy atom. The predicted molar refractivity (Wildman–Crippen MR) is 70.2 cm³/mol. The first-order valence-electron chi connectivity index (χ1n) is 6.39. The fraction of sp³-hybridized carbons (Fsp3) is 1.00. The summed E-state index contributed by atoms with van der Waals surface area (Å²) in [6.07, 6.45) is 4.60. The Kier molecular flexibility index (Phi) is 5.07. The lowest BCUT2D eigenvalue weighted by atomic mass is 9.91. The molecule has 4 heteroatoms. The Bertz CT molecular complexity index is 211. The summed E-state index contributed by atoms with van der Waals surface area (Å²) in [6.45, 7) is 5.34. The van der Waals surface area contributed by atoms with E-state index >= 15 is 0 Å². The number of hydrogen-bond acceptors (Lipinski definition) is 3. The molecule has 1 atom stereocenters. The first kappa shape index (κ1) is 12.8. The smallest absolute Gasteiger partial charge is 0.0829 e. The van der Waals surface area contributed by atoms with E-state index in [1.165, 1.54) is 19.3 Å². The van der Waals surface area contributed by atoms with Crippen LogP contribution < -0.4 is 0 Å². The Labute approximate surface area is 107 Å². The van der Waals surface area contributed by atoms with E-state index in [0.29, 0.717) is 6.10 Å². The molecule has 0 aromatic heterocycles. The number of halogens is 1. The van der Waals surface area contributed by atoms with Crippen LogP contribution in [-0.4, -0.2) is 67.1 Å². The highest BCUT2D eigenvalue weighted by atomic mass is 79.9. The van der Waals surface area contributed by atoms with Crippen LogP contribution in [0.4, 0.5) is 0 Å². The molecule has 2 rings (SSSR count). The van der Waals surface area contributed by atoms with Crippen LogP contribution in [0.2, 0.25) is 0 Å². The van der Waals surface area contributed by atoms with Crippen molar-refractivity contribution in [2.75, 3.05) is 45.2 Å². The number of ether oxygens (including phenoxy) is 1. The second-order valence-electron chi connectivity index (χ2n) is 5.02. The molecule has 0 aromatic carbocycles. The molecule has 2 fully saturated rings.